The zero-order chi connectivity index (χ0) is 47.8. The summed E-state index contributed by atoms with van der Waals surface area (Å²) >= 11 is 0. The van der Waals surface area contributed by atoms with Crippen molar-refractivity contribution in [2.24, 2.45) is 0 Å². The lowest BCUT2D eigenvalue weighted by Gasteiger charge is -2.09. The molecule has 0 amide bonds. The second-order valence-electron chi connectivity index (χ2n) is 20.6. The summed E-state index contributed by atoms with van der Waals surface area (Å²) in [6.45, 7) is 14.9. The van der Waals surface area contributed by atoms with Gasteiger partial charge in [0.2, 0.25) is 11.4 Å². The van der Waals surface area contributed by atoms with Crippen molar-refractivity contribution < 1.29 is 28.2 Å². The number of hydrogen-bond acceptors (Lipinski definition) is 4. The Balaban J connectivity index is 0.794. The van der Waals surface area contributed by atoms with Gasteiger partial charge < -0.3 is 9.47 Å². The molecule has 4 aromatic carbocycles. The average Bonchev–Trinajstić information content (AvgIpc) is 4.19. The largest absolute Gasteiger partial charge is 0.457 e. The minimum Gasteiger partial charge on any atom is -0.457 e. The minimum absolute atomic E-state index is 0.214. The highest BCUT2D eigenvalue weighted by atomic mass is 16.5. The molecule has 0 N–H and O–H groups in total. The molecule has 69 heavy (non-hydrogen) atoms. The first kappa shape index (κ1) is 45.9. The van der Waals surface area contributed by atoms with Crippen molar-refractivity contribution >= 4 is 34.7 Å². The van der Waals surface area contributed by atoms with Gasteiger partial charge in [0.05, 0.1) is 12.8 Å². The van der Waals surface area contributed by atoms with E-state index in [1.165, 1.54) is 89.6 Å². The Hall–Kier alpha value is -6.84. The first-order chi connectivity index (χ1) is 33.4. The normalized spacial score (nSPS) is 17.8. The van der Waals surface area contributed by atoms with Crippen LogP contribution in [0.4, 0.5) is 11.4 Å². The number of ether oxygens (including phenoxy) is 2. The molecule has 2 heterocycles. The SMILES string of the molecule is CC1=C(C)CC(=C=C2CC(C)=C(C(=O)OCc3ccc(C[N+]4=C(CC5=[N+](Cc6ccc(COC(=O)C7=C(C)CC(=C=C8CC(C)=C(C)C8)C7)cc6)c6ccccc6C5)Cc5ccccc54)cc3)C2)C1. The Morgan fingerprint density at radius 3 is 1.14 bits per heavy atom. The van der Waals surface area contributed by atoms with Crippen LogP contribution in [-0.2, 0) is 58.2 Å². The molecule has 0 bridgehead atoms. The molecular formula is C63H64N2O4+2. The lowest BCUT2D eigenvalue weighted by Crippen LogP contribution is -2.22. The van der Waals surface area contributed by atoms with E-state index in [9.17, 15) is 9.59 Å². The Kier molecular flexibility index (Phi) is 13.1. The van der Waals surface area contributed by atoms with E-state index in [2.05, 4.69) is 159 Å². The van der Waals surface area contributed by atoms with Crippen molar-refractivity contribution in [1.82, 2.24) is 0 Å². The Bertz CT molecular complexity index is 2920. The Morgan fingerprint density at radius 2 is 0.754 bits per heavy atom. The molecule has 0 atom stereocenters. The van der Waals surface area contributed by atoms with Gasteiger partial charge in [0.15, 0.2) is 24.5 Å². The van der Waals surface area contributed by atoms with Gasteiger partial charge in [-0.15, -0.1) is 11.5 Å². The lowest BCUT2D eigenvalue weighted by atomic mass is 10.0. The van der Waals surface area contributed by atoms with Gasteiger partial charge in [-0.25, -0.2) is 9.59 Å². The van der Waals surface area contributed by atoms with Crippen LogP contribution in [0.15, 0.2) is 175 Å². The van der Waals surface area contributed by atoms with Crippen molar-refractivity contribution in [3.63, 3.8) is 0 Å². The molecule has 4 aliphatic carbocycles. The van der Waals surface area contributed by atoms with E-state index >= 15 is 0 Å². The molecule has 0 saturated carbocycles. The van der Waals surface area contributed by atoms with Crippen LogP contribution >= 0.6 is 0 Å². The zero-order valence-electron chi connectivity index (χ0n) is 41.4. The summed E-state index contributed by atoms with van der Waals surface area (Å²) in [5.74, 6) is -0.428. The van der Waals surface area contributed by atoms with Crippen LogP contribution < -0.4 is 0 Å². The van der Waals surface area contributed by atoms with Crippen molar-refractivity contribution in [1.29, 1.82) is 0 Å². The maximum atomic E-state index is 13.3. The highest BCUT2D eigenvalue weighted by Crippen LogP contribution is 2.37. The van der Waals surface area contributed by atoms with Crippen LogP contribution in [0.5, 0.6) is 0 Å². The number of para-hydroxylation sites is 2. The summed E-state index contributed by atoms with van der Waals surface area (Å²) in [7, 11) is 0. The van der Waals surface area contributed by atoms with Gasteiger partial charge in [0.1, 0.15) is 19.6 Å². The molecular weight excluding hydrogens is 849 g/mol. The molecule has 0 fully saturated rings. The van der Waals surface area contributed by atoms with E-state index in [0.717, 1.165) is 104 Å². The van der Waals surface area contributed by atoms with Crippen LogP contribution in [0.1, 0.15) is 133 Å². The highest BCUT2D eigenvalue weighted by molar-refractivity contribution is 6.05. The fraction of sp³-hybridized carbons (Fsp3) is 0.333. The Labute approximate surface area is 408 Å². The molecule has 6 heteroatoms. The summed E-state index contributed by atoms with van der Waals surface area (Å²) in [6, 6.07) is 34.7. The number of carbonyl (C=O) groups excluding carboxylic acids is 2. The summed E-state index contributed by atoms with van der Waals surface area (Å²) in [6.07, 6.45) is 9.53. The van der Waals surface area contributed by atoms with Crippen molar-refractivity contribution in [3.8, 4) is 0 Å². The van der Waals surface area contributed by atoms with Crippen LogP contribution in [-0.4, -0.2) is 32.5 Å². The quantitative estimate of drug-likeness (QED) is 0.0615. The number of fused-ring (bicyclic) bond motifs is 2. The van der Waals surface area contributed by atoms with Crippen LogP contribution in [0.3, 0.4) is 0 Å². The topological polar surface area (TPSA) is 58.6 Å². The highest BCUT2D eigenvalue weighted by Gasteiger charge is 2.37. The van der Waals surface area contributed by atoms with Crippen LogP contribution in [0.25, 0.3) is 0 Å². The van der Waals surface area contributed by atoms with Crippen molar-refractivity contribution in [3.05, 3.63) is 209 Å². The molecule has 6 aliphatic rings. The van der Waals surface area contributed by atoms with E-state index < -0.39 is 0 Å². The van der Waals surface area contributed by atoms with E-state index in [-0.39, 0.29) is 25.2 Å². The molecule has 348 valence electrons. The summed E-state index contributed by atoms with van der Waals surface area (Å²) in [5, 5.41) is 0. The molecule has 10 rings (SSSR count). The minimum atomic E-state index is -0.214. The molecule has 0 aromatic heterocycles. The number of hydrogen-bond donors (Lipinski definition) is 0. The average molecular weight is 913 g/mol. The third-order valence-corrected chi connectivity index (χ3v) is 15.3. The van der Waals surface area contributed by atoms with Gasteiger partial charge in [0, 0.05) is 58.4 Å². The number of esters is 2. The van der Waals surface area contributed by atoms with Gasteiger partial charge in [0.25, 0.3) is 0 Å². The molecule has 0 spiro atoms. The van der Waals surface area contributed by atoms with E-state index in [4.69, 9.17) is 9.47 Å². The molecule has 6 nitrogen and oxygen atoms in total. The number of allylic oxidation sites excluding steroid dienone is 8. The number of carbonyl (C=O) groups is 2. The van der Waals surface area contributed by atoms with Gasteiger partial charge >= 0.3 is 11.9 Å². The zero-order valence-corrected chi connectivity index (χ0v) is 41.4. The van der Waals surface area contributed by atoms with Crippen molar-refractivity contribution in [2.75, 3.05) is 0 Å². The molecule has 0 radical (unpaired) electrons. The first-order valence-corrected chi connectivity index (χ1v) is 24.9. The molecule has 0 saturated heterocycles. The standard InChI is InChI=1S/C63H64N2O4/c1-40-23-50(24-41(40)2)29-52-27-44(5)58(31-52)62(66)68-38-48-19-15-46(16-20-48)36-64-56(33-54-11-7-9-13-60(54)64)35-57-34-55-12-8-10-14-61(55)65(57)37-47-17-21-49(22-18-47)39-69-63(67)59-32-53(28-45(59)6)30-51-25-42(3)43(4)26-51/h7-22H,23-28,31-39H2,1-6H3/q+2. The monoisotopic (exact) mass is 912 g/mol. The fourth-order valence-electron chi connectivity index (χ4n) is 11.1. The maximum Gasteiger partial charge on any atom is 0.334 e. The second kappa shape index (κ2) is 19.6. The predicted octanol–water partition coefficient (Wildman–Crippen LogP) is 13.9. The molecule has 4 aromatic rings. The number of nitrogens with zero attached hydrogens (tertiary/aromatic N) is 2. The Morgan fingerprint density at radius 1 is 0.420 bits per heavy atom. The van der Waals surface area contributed by atoms with Gasteiger partial charge in [-0.2, -0.15) is 9.15 Å². The smallest absolute Gasteiger partial charge is 0.334 e. The molecule has 2 aliphatic heterocycles. The third-order valence-electron chi connectivity index (χ3n) is 15.3. The molecule has 0 unspecified atom stereocenters. The van der Waals surface area contributed by atoms with Gasteiger partial charge in [-0.3, -0.25) is 0 Å². The first-order valence-electron chi connectivity index (χ1n) is 24.9. The van der Waals surface area contributed by atoms with E-state index in [0.29, 0.717) is 12.8 Å². The number of rotatable bonds is 12. The van der Waals surface area contributed by atoms with E-state index in [1.807, 2.05) is 0 Å². The third kappa shape index (κ3) is 10.2. The summed E-state index contributed by atoms with van der Waals surface area (Å²) in [5.41, 5.74) is 34.3. The predicted molar refractivity (Wildman–Crippen MR) is 275 cm³/mol. The van der Waals surface area contributed by atoms with Crippen LogP contribution in [0, 0.1) is 0 Å². The summed E-state index contributed by atoms with van der Waals surface area (Å²) in [4.78, 5) is 26.6. The number of benzene rings is 4. The maximum absolute atomic E-state index is 13.3. The van der Waals surface area contributed by atoms with Gasteiger partial charge in [-0.1, -0.05) is 118 Å². The van der Waals surface area contributed by atoms with Crippen LogP contribution in [0.2, 0.25) is 0 Å². The van der Waals surface area contributed by atoms with Crippen molar-refractivity contribution in [2.45, 2.75) is 138 Å². The fourth-order valence-corrected chi connectivity index (χ4v) is 11.1. The lowest BCUT2D eigenvalue weighted by molar-refractivity contribution is -0.461. The van der Waals surface area contributed by atoms with Gasteiger partial charge in [-0.05, 0) is 113 Å². The van der Waals surface area contributed by atoms with E-state index in [1.54, 1.807) is 0 Å². The second-order valence-corrected chi connectivity index (χ2v) is 20.6. The summed E-state index contributed by atoms with van der Waals surface area (Å²) < 4.78 is 16.8.